The van der Waals surface area contributed by atoms with Crippen molar-refractivity contribution in [1.29, 1.82) is 0 Å². The van der Waals surface area contributed by atoms with Gasteiger partial charge in [0, 0.05) is 12.6 Å². The average Bonchev–Trinajstić information content (AvgIpc) is 2.18. The summed E-state index contributed by atoms with van der Waals surface area (Å²) >= 11 is 0. The Bertz CT molecular complexity index is 435. The predicted molar refractivity (Wildman–Crippen MR) is 53.4 cm³/mol. The first-order chi connectivity index (χ1) is 6.40. The molecule has 0 fully saturated rings. The summed E-state index contributed by atoms with van der Waals surface area (Å²) in [5.41, 5.74) is 2.85. The lowest BCUT2D eigenvalue weighted by molar-refractivity contribution is 1.10. The van der Waals surface area contributed by atoms with Crippen LogP contribution in [0.3, 0.4) is 0 Å². The van der Waals surface area contributed by atoms with Crippen molar-refractivity contribution in [3.8, 4) is 0 Å². The zero-order valence-electron chi connectivity index (χ0n) is 7.27. The van der Waals surface area contributed by atoms with Gasteiger partial charge in [0.2, 0.25) is 0 Å². The Morgan fingerprint density at radius 1 is 1.23 bits per heavy atom. The van der Waals surface area contributed by atoms with Crippen LogP contribution >= 0.6 is 0 Å². The molecule has 0 unspecified atom stereocenters. The highest BCUT2D eigenvalue weighted by molar-refractivity contribution is 5.73. The molecule has 0 bridgehead atoms. The van der Waals surface area contributed by atoms with Crippen LogP contribution in [0.5, 0.6) is 0 Å². The summed E-state index contributed by atoms with van der Waals surface area (Å²) in [4.78, 5) is 8.72. The van der Waals surface area contributed by atoms with Gasteiger partial charge >= 0.3 is 0 Å². The van der Waals surface area contributed by atoms with E-state index in [0.717, 1.165) is 23.1 Å². The maximum Gasteiger partial charge on any atom is 0.0890 e. The summed E-state index contributed by atoms with van der Waals surface area (Å²) in [7, 11) is 0. The number of hydrogen-bond acceptors (Lipinski definition) is 2. The van der Waals surface area contributed by atoms with Crippen molar-refractivity contribution >= 4 is 11.0 Å². The van der Waals surface area contributed by atoms with E-state index in [2.05, 4.69) is 16.5 Å². The van der Waals surface area contributed by atoms with Crippen LogP contribution in [0.15, 0.2) is 43.1 Å². The maximum atomic E-state index is 4.43. The van der Waals surface area contributed by atoms with E-state index in [-0.39, 0.29) is 0 Å². The Hall–Kier alpha value is -1.70. The molecule has 0 aliphatic heterocycles. The zero-order valence-corrected chi connectivity index (χ0v) is 7.27. The SMILES string of the molecule is C=CCc1cnc2ccccc2n1. The van der Waals surface area contributed by atoms with Crippen molar-refractivity contribution in [2.24, 2.45) is 0 Å². The smallest absolute Gasteiger partial charge is 0.0890 e. The fourth-order valence-electron chi connectivity index (χ4n) is 1.24. The molecule has 0 N–H and O–H groups in total. The lowest BCUT2D eigenvalue weighted by atomic mass is 10.2. The van der Waals surface area contributed by atoms with Crippen LogP contribution in [0.25, 0.3) is 11.0 Å². The monoisotopic (exact) mass is 170 g/mol. The van der Waals surface area contributed by atoms with Gasteiger partial charge in [0.25, 0.3) is 0 Å². The first-order valence-corrected chi connectivity index (χ1v) is 4.22. The lowest BCUT2D eigenvalue weighted by Crippen LogP contribution is -1.90. The topological polar surface area (TPSA) is 25.8 Å². The molecular weight excluding hydrogens is 160 g/mol. The molecule has 0 aliphatic rings. The zero-order chi connectivity index (χ0) is 9.10. The summed E-state index contributed by atoms with van der Waals surface area (Å²) < 4.78 is 0. The van der Waals surface area contributed by atoms with E-state index in [4.69, 9.17) is 0 Å². The normalized spacial score (nSPS) is 10.2. The van der Waals surface area contributed by atoms with Crippen LogP contribution in [0.1, 0.15) is 5.69 Å². The molecule has 0 spiro atoms. The molecule has 0 amide bonds. The van der Waals surface area contributed by atoms with Crippen LogP contribution in [-0.4, -0.2) is 9.97 Å². The molecule has 0 aliphatic carbocycles. The molecule has 0 saturated heterocycles. The quantitative estimate of drug-likeness (QED) is 0.646. The van der Waals surface area contributed by atoms with E-state index in [1.165, 1.54) is 0 Å². The standard InChI is InChI=1S/C11H10N2/c1-2-5-9-8-12-10-6-3-4-7-11(10)13-9/h2-4,6-8H,1,5H2. The molecule has 1 heterocycles. The highest BCUT2D eigenvalue weighted by Crippen LogP contribution is 2.08. The van der Waals surface area contributed by atoms with Crippen LogP contribution in [0.4, 0.5) is 0 Å². The summed E-state index contributed by atoms with van der Waals surface area (Å²) in [6.07, 6.45) is 4.40. The average molecular weight is 170 g/mol. The summed E-state index contributed by atoms with van der Waals surface area (Å²) in [5.74, 6) is 0. The molecule has 0 radical (unpaired) electrons. The van der Waals surface area contributed by atoms with E-state index in [1.54, 1.807) is 6.20 Å². The van der Waals surface area contributed by atoms with Crippen molar-refractivity contribution in [3.63, 3.8) is 0 Å². The van der Waals surface area contributed by atoms with Gasteiger partial charge in [-0.1, -0.05) is 18.2 Å². The molecule has 13 heavy (non-hydrogen) atoms. The van der Waals surface area contributed by atoms with Gasteiger partial charge in [-0.3, -0.25) is 4.98 Å². The Balaban J connectivity index is 2.55. The number of allylic oxidation sites excluding steroid dienone is 1. The van der Waals surface area contributed by atoms with E-state index in [1.807, 2.05) is 30.3 Å². The second-order valence-electron chi connectivity index (χ2n) is 2.84. The van der Waals surface area contributed by atoms with E-state index >= 15 is 0 Å². The number of rotatable bonds is 2. The first-order valence-electron chi connectivity index (χ1n) is 4.22. The molecule has 2 nitrogen and oxygen atoms in total. The third-order valence-corrected chi connectivity index (χ3v) is 1.85. The fraction of sp³-hybridized carbons (Fsp3) is 0.0909. The highest BCUT2D eigenvalue weighted by Gasteiger charge is 1.96. The first kappa shape index (κ1) is 7.92. The van der Waals surface area contributed by atoms with Gasteiger partial charge in [-0.25, -0.2) is 4.98 Å². The maximum absolute atomic E-state index is 4.43. The van der Waals surface area contributed by atoms with Crippen LogP contribution < -0.4 is 0 Å². The molecule has 0 saturated carbocycles. The predicted octanol–water partition coefficient (Wildman–Crippen LogP) is 2.36. The third kappa shape index (κ3) is 1.56. The second kappa shape index (κ2) is 3.35. The van der Waals surface area contributed by atoms with Crippen molar-refractivity contribution < 1.29 is 0 Å². The Morgan fingerprint density at radius 2 is 2.00 bits per heavy atom. The van der Waals surface area contributed by atoms with Gasteiger partial charge in [-0.15, -0.1) is 6.58 Å². The number of hydrogen-bond donors (Lipinski definition) is 0. The van der Waals surface area contributed by atoms with Crippen molar-refractivity contribution in [3.05, 3.63) is 48.8 Å². The Morgan fingerprint density at radius 3 is 2.77 bits per heavy atom. The third-order valence-electron chi connectivity index (χ3n) is 1.85. The number of nitrogens with zero attached hydrogens (tertiary/aromatic N) is 2. The van der Waals surface area contributed by atoms with Crippen molar-refractivity contribution in [2.45, 2.75) is 6.42 Å². The Labute approximate surface area is 77.0 Å². The largest absolute Gasteiger partial charge is 0.253 e. The highest BCUT2D eigenvalue weighted by atomic mass is 14.8. The molecule has 2 heteroatoms. The van der Waals surface area contributed by atoms with Crippen LogP contribution in [0, 0.1) is 0 Å². The van der Waals surface area contributed by atoms with Crippen LogP contribution in [0.2, 0.25) is 0 Å². The van der Waals surface area contributed by atoms with Gasteiger partial charge in [0.1, 0.15) is 0 Å². The molecular formula is C11H10N2. The minimum Gasteiger partial charge on any atom is -0.253 e. The number of benzene rings is 1. The minimum absolute atomic E-state index is 0.776. The molecule has 2 aromatic rings. The molecule has 0 atom stereocenters. The summed E-state index contributed by atoms with van der Waals surface area (Å²) in [6.45, 7) is 3.67. The van der Waals surface area contributed by atoms with Crippen molar-refractivity contribution in [1.82, 2.24) is 9.97 Å². The molecule has 1 aromatic carbocycles. The molecule has 64 valence electrons. The van der Waals surface area contributed by atoms with Crippen molar-refractivity contribution in [2.75, 3.05) is 0 Å². The minimum atomic E-state index is 0.776. The van der Waals surface area contributed by atoms with E-state index in [0.29, 0.717) is 0 Å². The fourth-order valence-corrected chi connectivity index (χ4v) is 1.24. The number of fused-ring (bicyclic) bond motifs is 1. The second-order valence-corrected chi connectivity index (χ2v) is 2.84. The number of aromatic nitrogens is 2. The summed E-state index contributed by atoms with van der Waals surface area (Å²) in [5, 5.41) is 0. The van der Waals surface area contributed by atoms with Gasteiger partial charge < -0.3 is 0 Å². The van der Waals surface area contributed by atoms with E-state index in [9.17, 15) is 0 Å². The van der Waals surface area contributed by atoms with Crippen LogP contribution in [-0.2, 0) is 6.42 Å². The van der Waals surface area contributed by atoms with Gasteiger partial charge in [0.15, 0.2) is 0 Å². The molecule has 2 rings (SSSR count). The molecule has 1 aromatic heterocycles. The van der Waals surface area contributed by atoms with Gasteiger partial charge in [0.05, 0.1) is 16.7 Å². The van der Waals surface area contributed by atoms with E-state index < -0.39 is 0 Å². The van der Waals surface area contributed by atoms with Gasteiger partial charge in [-0.05, 0) is 12.1 Å². The lowest BCUT2D eigenvalue weighted by Gasteiger charge is -1.98. The Kier molecular flexibility index (Phi) is 2.04. The van der Waals surface area contributed by atoms with Gasteiger partial charge in [-0.2, -0.15) is 0 Å². The summed E-state index contributed by atoms with van der Waals surface area (Å²) in [6, 6.07) is 7.85. The number of para-hydroxylation sites is 2.